The maximum Gasteiger partial charge on any atom is 0.472 e. The molecule has 0 fully saturated rings. The molecule has 0 aliphatic rings. The van der Waals surface area contributed by atoms with Crippen molar-refractivity contribution in [3.63, 3.8) is 0 Å². The summed E-state index contributed by atoms with van der Waals surface area (Å²) in [5.74, 6) is -0.914. The highest BCUT2D eigenvalue weighted by Crippen LogP contribution is 2.43. The third kappa shape index (κ3) is 35.3. The molecule has 2 atom stereocenters. The molecular weight excluding hydrogens is 641 g/mol. The first kappa shape index (κ1) is 46.7. The Labute approximate surface area is 298 Å². The number of rotatable bonds is 34. The molecule has 0 radical (unpaired) electrons. The lowest BCUT2D eigenvalue weighted by molar-refractivity contribution is -0.161. The Balaban J connectivity index is 4.37. The zero-order valence-electron chi connectivity index (χ0n) is 30.7. The first-order chi connectivity index (χ1) is 23.8. The highest BCUT2D eigenvalue weighted by Gasteiger charge is 2.25. The van der Waals surface area contributed by atoms with Gasteiger partial charge in [-0.1, -0.05) is 120 Å². The van der Waals surface area contributed by atoms with Crippen molar-refractivity contribution in [2.24, 2.45) is 5.73 Å². The van der Waals surface area contributed by atoms with Crippen molar-refractivity contribution in [2.45, 2.75) is 148 Å². The number of allylic oxidation sites excluding steroid dienone is 10. The predicted octanol–water partition coefficient (Wildman–Crippen LogP) is 10.2. The van der Waals surface area contributed by atoms with Gasteiger partial charge < -0.3 is 20.1 Å². The zero-order valence-corrected chi connectivity index (χ0v) is 31.5. The molecule has 0 rings (SSSR count). The Morgan fingerprint density at radius 3 is 1.71 bits per heavy atom. The fraction of sp³-hybridized carbons (Fsp3) is 0.692. The molecule has 0 amide bonds. The Morgan fingerprint density at radius 2 is 1.10 bits per heavy atom. The van der Waals surface area contributed by atoms with Gasteiger partial charge in [0.2, 0.25) is 0 Å². The number of nitrogens with two attached hydrogens (primary N) is 1. The van der Waals surface area contributed by atoms with Crippen molar-refractivity contribution in [1.29, 1.82) is 0 Å². The summed E-state index contributed by atoms with van der Waals surface area (Å²) in [6.07, 6.45) is 39.7. The summed E-state index contributed by atoms with van der Waals surface area (Å²) in [5.41, 5.74) is 5.32. The number of hydrogen-bond acceptors (Lipinski definition) is 8. The van der Waals surface area contributed by atoms with Crippen LogP contribution < -0.4 is 5.73 Å². The number of carbonyl (C=O) groups excluding carboxylic acids is 2. The number of phosphoric acid groups is 1. The Morgan fingerprint density at radius 1 is 0.612 bits per heavy atom. The first-order valence-corrected chi connectivity index (χ1v) is 20.3. The fourth-order valence-electron chi connectivity index (χ4n) is 4.55. The summed E-state index contributed by atoms with van der Waals surface area (Å²) in [5, 5.41) is 0. The predicted molar refractivity (Wildman–Crippen MR) is 201 cm³/mol. The van der Waals surface area contributed by atoms with Gasteiger partial charge in [-0.05, 0) is 70.6 Å². The Hall–Kier alpha value is -2.29. The van der Waals surface area contributed by atoms with Crippen molar-refractivity contribution in [2.75, 3.05) is 26.4 Å². The van der Waals surface area contributed by atoms with Crippen LogP contribution in [0.25, 0.3) is 0 Å². The van der Waals surface area contributed by atoms with Gasteiger partial charge in [-0.25, -0.2) is 4.57 Å². The minimum atomic E-state index is -4.39. The highest BCUT2D eigenvalue weighted by molar-refractivity contribution is 7.47. The molecule has 3 N–H and O–H groups in total. The third-order valence-corrected chi connectivity index (χ3v) is 8.36. The van der Waals surface area contributed by atoms with Gasteiger partial charge in [-0.2, -0.15) is 0 Å². The number of unbranched alkanes of at least 4 members (excludes halogenated alkanes) is 11. The molecule has 1 unspecified atom stereocenters. The standard InChI is InChI=1S/C39H68NO8P/c1-3-5-7-9-11-13-15-16-17-18-19-20-22-24-26-28-30-32-39(42)48-37(36-47-49(43,44)46-34-33-40)35-45-38(41)31-29-27-25-23-21-14-12-10-8-6-4-2/h10-13,16-17,19-20,24,26,37H,3-9,14-15,18,21-23,25,27-36,40H2,1-2H3,(H,43,44)/t37-/m1/s1. The molecule has 49 heavy (non-hydrogen) atoms. The lowest BCUT2D eigenvalue weighted by Crippen LogP contribution is -2.29. The number of ether oxygens (including phenoxy) is 2. The van der Waals surface area contributed by atoms with E-state index in [0.717, 1.165) is 57.8 Å². The number of hydrogen-bond donors (Lipinski definition) is 2. The van der Waals surface area contributed by atoms with Crippen LogP contribution in [0.3, 0.4) is 0 Å². The van der Waals surface area contributed by atoms with Crippen LogP contribution >= 0.6 is 7.82 Å². The lowest BCUT2D eigenvalue weighted by atomic mass is 10.1. The molecular formula is C39H68NO8P. The average Bonchev–Trinajstić information content (AvgIpc) is 3.08. The van der Waals surface area contributed by atoms with Crippen molar-refractivity contribution >= 4 is 19.8 Å². The largest absolute Gasteiger partial charge is 0.472 e. The molecule has 0 saturated heterocycles. The van der Waals surface area contributed by atoms with Gasteiger partial charge in [0.05, 0.1) is 13.2 Å². The molecule has 0 heterocycles. The van der Waals surface area contributed by atoms with Crippen LogP contribution in [0.1, 0.15) is 142 Å². The van der Waals surface area contributed by atoms with Crippen molar-refractivity contribution < 1.29 is 37.6 Å². The average molecular weight is 710 g/mol. The van der Waals surface area contributed by atoms with Crippen LogP contribution in [0.15, 0.2) is 60.8 Å². The molecule has 0 bridgehead atoms. The van der Waals surface area contributed by atoms with Crippen molar-refractivity contribution in [1.82, 2.24) is 0 Å². The number of carbonyl (C=O) groups is 2. The monoisotopic (exact) mass is 709 g/mol. The van der Waals surface area contributed by atoms with E-state index in [1.165, 1.54) is 38.5 Å². The second-order valence-electron chi connectivity index (χ2n) is 12.1. The minimum Gasteiger partial charge on any atom is -0.462 e. The van der Waals surface area contributed by atoms with Gasteiger partial charge >= 0.3 is 19.8 Å². The van der Waals surface area contributed by atoms with E-state index in [1.54, 1.807) is 0 Å². The lowest BCUT2D eigenvalue weighted by Gasteiger charge is -2.19. The molecule has 0 aromatic rings. The first-order valence-electron chi connectivity index (χ1n) is 18.8. The quantitative estimate of drug-likeness (QED) is 0.0290. The second-order valence-corrected chi connectivity index (χ2v) is 13.5. The van der Waals surface area contributed by atoms with E-state index in [-0.39, 0.29) is 32.6 Å². The summed E-state index contributed by atoms with van der Waals surface area (Å²) < 4.78 is 32.5. The molecule has 10 heteroatoms. The Bertz CT molecular complexity index is 992. The van der Waals surface area contributed by atoms with Gasteiger partial charge in [-0.15, -0.1) is 0 Å². The number of phosphoric ester groups is 1. The Kier molecular flexibility index (Phi) is 33.9. The maximum absolute atomic E-state index is 12.5. The molecule has 0 aliphatic carbocycles. The number of esters is 2. The van der Waals surface area contributed by atoms with E-state index >= 15 is 0 Å². The molecule has 0 aromatic carbocycles. The van der Waals surface area contributed by atoms with Crippen LogP contribution in [0.4, 0.5) is 0 Å². The smallest absolute Gasteiger partial charge is 0.462 e. The van der Waals surface area contributed by atoms with Crippen LogP contribution in [0.5, 0.6) is 0 Å². The normalized spacial score (nSPS) is 14.1. The van der Waals surface area contributed by atoms with E-state index in [0.29, 0.717) is 19.3 Å². The van der Waals surface area contributed by atoms with Crippen LogP contribution in [0.2, 0.25) is 0 Å². The summed E-state index contributed by atoms with van der Waals surface area (Å²) >= 11 is 0. The van der Waals surface area contributed by atoms with E-state index in [4.69, 9.17) is 24.3 Å². The second kappa shape index (κ2) is 35.5. The van der Waals surface area contributed by atoms with E-state index < -0.39 is 32.5 Å². The summed E-state index contributed by atoms with van der Waals surface area (Å²) in [6.45, 7) is 3.56. The molecule has 0 aliphatic heterocycles. The highest BCUT2D eigenvalue weighted by atomic mass is 31.2. The van der Waals surface area contributed by atoms with E-state index in [2.05, 4.69) is 68.5 Å². The molecule has 9 nitrogen and oxygen atoms in total. The molecule has 282 valence electrons. The van der Waals surface area contributed by atoms with Crippen molar-refractivity contribution in [3.8, 4) is 0 Å². The van der Waals surface area contributed by atoms with Gasteiger partial charge in [-0.3, -0.25) is 18.6 Å². The van der Waals surface area contributed by atoms with Crippen LogP contribution in [-0.4, -0.2) is 49.3 Å². The van der Waals surface area contributed by atoms with Crippen molar-refractivity contribution in [3.05, 3.63) is 60.8 Å². The maximum atomic E-state index is 12.5. The van der Waals surface area contributed by atoms with Gasteiger partial charge in [0, 0.05) is 19.4 Å². The fourth-order valence-corrected chi connectivity index (χ4v) is 5.31. The SMILES string of the molecule is CCCCC=CCCCCCCCC(=O)OC[C@H](COP(=O)(O)OCCN)OC(=O)CCCC=CCC=CCC=CCC=CCCCCC. The topological polar surface area (TPSA) is 134 Å². The van der Waals surface area contributed by atoms with E-state index in [9.17, 15) is 19.0 Å². The zero-order chi connectivity index (χ0) is 36.1. The van der Waals surface area contributed by atoms with E-state index in [1.807, 2.05) is 6.08 Å². The van der Waals surface area contributed by atoms with Crippen LogP contribution in [-0.2, 0) is 32.7 Å². The molecule has 0 aromatic heterocycles. The minimum absolute atomic E-state index is 0.0411. The third-order valence-electron chi connectivity index (χ3n) is 7.38. The summed E-state index contributed by atoms with van der Waals surface area (Å²) in [6, 6.07) is 0. The summed E-state index contributed by atoms with van der Waals surface area (Å²) in [7, 11) is -4.39. The molecule has 0 saturated carbocycles. The van der Waals surface area contributed by atoms with Gasteiger partial charge in [0.1, 0.15) is 6.61 Å². The van der Waals surface area contributed by atoms with Gasteiger partial charge in [0.25, 0.3) is 0 Å². The molecule has 0 spiro atoms. The van der Waals surface area contributed by atoms with Crippen LogP contribution in [0, 0.1) is 0 Å². The summed E-state index contributed by atoms with van der Waals surface area (Å²) in [4.78, 5) is 34.6. The van der Waals surface area contributed by atoms with Gasteiger partial charge in [0.15, 0.2) is 6.10 Å².